The Kier molecular flexibility index (Phi) is 4.71. The largest absolute Gasteiger partial charge is 0.493 e. The second kappa shape index (κ2) is 7.30. The minimum atomic E-state index is -0.944. The van der Waals surface area contributed by atoms with E-state index in [0.717, 1.165) is 61.0 Å². The summed E-state index contributed by atoms with van der Waals surface area (Å²) in [5.74, 6) is -0.326. The highest BCUT2D eigenvalue weighted by Crippen LogP contribution is 2.64. The van der Waals surface area contributed by atoms with Gasteiger partial charge in [-0.2, -0.15) is 0 Å². The van der Waals surface area contributed by atoms with Gasteiger partial charge in [0.25, 0.3) is 0 Å². The number of halogens is 1. The molecule has 5 heteroatoms. The molecule has 0 spiro atoms. The quantitative estimate of drug-likeness (QED) is 0.563. The lowest BCUT2D eigenvalue weighted by atomic mass is 9.47. The first-order chi connectivity index (χ1) is 15.4. The molecule has 32 heavy (non-hydrogen) atoms. The molecule has 6 saturated carbocycles. The third kappa shape index (κ3) is 3.06. The third-order valence-corrected chi connectivity index (χ3v) is 9.48. The summed E-state index contributed by atoms with van der Waals surface area (Å²) in [6.45, 7) is 0. The van der Waals surface area contributed by atoms with E-state index in [4.69, 9.17) is 4.74 Å². The van der Waals surface area contributed by atoms with Gasteiger partial charge in [0.2, 0.25) is 0 Å². The fourth-order valence-corrected chi connectivity index (χ4v) is 8.47. The molecule has 1 aromatic rings. The van der Waals surface area contributed by atoms with Crippen LogP contribution in [0.5, 0.6) is 5.75 Å². The van der Waals surface area contributed by atoms with Gasteiger partial charge in [-0.1, -0.05) is 6.42 Å². The van der Waals surface area contributed by atoms with E-state index in [1.54, 1.807) is 0 Å². The number of carbonyl (C=O) groups excluding carboxylic acids is 1. The van der Waals surface area contributed by atoms with Gasteiger partial charge in [0.15, 0.2) is 17.3 Å². The zero-order valence-electron chi connectivity index (χ0n) is 18.9. The van der Waals surface area contributed by atoms with E-state index in [9.17, 15) is 14.7 Å². The molecule has 0 amide bonds. The van der Waals surface area contributed by atoms with Crippen molar-refractivity contribution in [3.05, 3.63) is 28.6 Å². The lowest BCUT2D eigenvalue weighted by Gasteiger charge is -2.57. The molecule has 4 nitrogen and oxygen atoms in total. The summed E-state index contributed by atoms with van der Waals surface area (Å²) in [6.07, 6.45) is 11.2. The lowest BCUT2D eigenvalue weighted by Crippen LogP contribution is -2.49. The maximum Gasteiger partial charge on any atom is 0.307 e. The molecule has 6 aliphatic carbocycles. The Hall–Kier alpha value is -1.91. The zero-order valence-corrected chi connectivity index (χ0v) is 18.9. The summed E-state index contributed by atoms with van der Waals surface area (Å²) in [7, 11) is 1.53. The summed E-state index contributed by atoms with van der Waals surface area (Å²) in [6, 6.07) is 1.82. The molecule has 7 rings (SSSR count). The Balaban J connectivity index is 1.47. The lowest BCUT2D eigenvalue weighted by molar-refractivity contribution is -0.142. The van der Waals surface area contributed by atoms with Crippen LogP contribution in [0.2, 0.25) is 0 Å². The van der Waals surface area contributed by atoms with Crippen LogP contribution >= 0.6 is 0 Å². The normalized spacial score (nSPS) is 37.6. The van der Waals surface area contributed by atoms with Crippen molar-refractivity contribution < 1.29 is 23.8 Å². The maximum atomic E-state index is 16.0. The van der Waals surface area contributed by atoms with Crippen LogP contribution in [-0.4, -0.2) is 24.0 Å². The van der Waals surface area contributed by atoms with Gasteiger partial charge in [-0.3, -0.25) is 9.59 Å². The monoisotopic (exact) mass is 440 g/mol. The number of Topliss-reactive ketones (excluding diaryl/α,β-unsaturated/α-hetero) is 1. The molecular weight excluding hydrogens is 407 g/mol. The second-order valence-corrected chi connectivity index (χ2v) is 11.6. The summed E-state index contributed by atoms with van der Waals surface area (Å²) in [4.78, 5) is 25.1. The predicted molar refractivity (Wildman–Crippen MR) is 118 cm³/mol. The molecule has 0 heterocycles. The van der Waals surface area contributed by atoms with Crippen molar-refractivity contribution in [3.8, 4) is 5.75 Å². The van der Waals surface area contributed by atoms with Gasteiger partial charge in [-0.15, -0.1) is 0 Å². The van der Waals surface area contributed by atoms with Crippen LogP contribution < -0.4 is 4.74 Å². The second-order valence-electron chi connectivity index (χ2n) is 11.6. The first kappa shape index (κ1) is 20.7. The number of hydrogen-bond acceptors (Lipinski definition) is 3. The highest BCUT2D eigenvalue weighted by Gasteiger charge is 2.54. The first-order valence-corrected chi connectivity index (χ1v) is 12.6. The van der Waals surface area contributed by atoms with E-state index in [0.29, 0.717) is 25.2 Å². The number of ketones is 1. The minimum Gasteiger partial charge on any atom is -0.493 e. The molecule has 0 aromatic heterocycles. The van der Waals surface area contributed by atoms with Crippen molar-refractivity contribution in [1.82, 2.24) is 0 Å². The van der Waals surface area contributed by atoms with E-state index in [-0.39, 0.29) is 22.5 Å². The van der Waals surface area contributed by atoms with E-state index in [1.807, 2.05) is 6.07 Å². The molecule has 4 bridgehead atoms. The van der Waals surface area contributed by atoms with E-state index < -0.39 is 23.6 Å². The number of carboxylic acids is 1. The molecule has 0 radical (unpaired) electrons. The Bertz CT molecular complexity index is 943. The molecule has 0 unspecified atom stereocenters. The van der Waals surface area contributed by atoms with Gasteiger partial charge in [0.1, 0.15) is 0 Å². The zero-order chi connectivity index (χ0) is 22.2. The topological polar surface area (TPSA) is 63.6 Å². The highest BCUT2D eigenvalue weighted by molar-refractivity contribution is 6.01. The van der Waals surface area contributed by atoms with Crippen molar-refractivity contribution in [1.29, 1.82) is 0 Å². The van der Waals surface area contributed by atoms with E-state index >= 15 is 4.39 Å². The number of rotatable bonds is 6. The molecule has 6 fully saturated rings. The van der Waals surface area contributed by atoms with Crippen molar-refractivity contribution in [2.24, 2.45) is 29.6 Å². The number of ether oxygens (including phenoxy) is 1. The standard InChI is InChI=1S/C27H33FO4/c1-32-25-22(27-11-14-7-15(12-27)9-16(8-14)13-27)20(17-5-6-17)10-21(23(25)28)24(29)18-3-2-4-19(18)26(30)31/h10,14-19H,2-9,11-13H2,1H3,(H,30,31)/t14?,15?,16?,18-,19-,27?/m1/s1. The molecule has 0 saturated heterocycles. The number of carboxylic acid groups (broad SMARTS) is 1. The van der Waals surface area contributed by atoms with Crippen molar-refractivity contribution >= 4 is 11.8 Å². The molecule has 172 valence electrons. The van der Waals surface area contributed by atoms with Gasteiger partial charge < -0.3 is 9.84 Å². The molecule has 6 aliphatic rings. The van der Waals surface area contributed by atoms with Crippen LogP contribution in [0.25, 0.3) is 0 Å². The average Bonchev–Trinajstić information content (AvgIpc) is 3.47. The average molecular weight is 441 g/mol. The van der Waals surface area contributed by atoms with Crippen LogP contribution in [0.15, 0.2) is 6.07 Å². The molecule has 2 atom stereocenters. The molecule has 1 aromatic carbocycles. The van der Waals surface area contributed by atoms with Crippen molar-refractivity contribution in [2.75, 3.05) is 7.11 Å². The van der Waals surface area contributed by atoms with Crippen LogP contribution in [0.4, 0.5) is 4.39 Å². The van der Waals surface area contributed by atoms with Crippen LogP contribution in [-0.2, 0) is 10.2 Å². The Morgan fingerprint density at radius 2 is 1.59 bits per heavy atom. The Labute approximate surface area is 188 Å². The number of methoxy groups -OCH3 is 1. The van der Waals surface area contributed by atoms with Gasteiger partial charge >= 0.3 is 5.97 Å². The number of hydrogen-bond donors (Lipinski definition) is 1. The molecule has 1 N–H and O–H groups in total. The SMILES string of the molecule is COc1c(F)c(C(=O)[C@@H]2CCC[C@H]2C(=O)O)cc(C2CC2)c1C12CC3CC(CC(C3)C1)C2. The van der Waals surface area contributed by atoms with Gasteiger partial charge in [-0.25, -0.2) is 4.39 Å². The van der Waals surface area contributed by atoms with Crippen LogP contribution in [0.1, 0.15) is 98.0 Å². The van der Waals surface area contributed by atoms with Gasteiger partial charge in [-0.05, 0) is 99.5 Å². The van der Waals surface area contributed by atoms with E-state index in [1.165, 1.54) is 26.4 Å². The molecular formula is C27H33FO4. The maximum absolute atomic E-state index is 16.0. The van der Waals surface area contributed by atoms with Gasteiger partial charge in [0.05, 0.1) is 18.6 Å². The summed E-state index contributed by atoms with van der Waals surface area (Å²) >= 11 is 0. The summed E-state index contributed by atoms with van der Waals surface area (Å²) in [5.41, 5.74) is 2.24. The van der Waals surface area contributed by atoms with Crippen molar-refractivity contribution in [2.45, 2.75) is 82.0 Å². The highest BCUT2D eigenvalue weighted by atomic mass is 19.1. The Morgan fingerprint density at radius 3 is 2.12 bits per heavy atom. The first-order valence-electron chi connectivity index (χ1n) is 12.6. The van der Waals surface area contributed by atoms with Crippen molar-refractivity contribution in [3.63, 3.8) is 0 Å². The fraction of sp³-hybridized carbons (Fsp3) is 0.704. The van der Waals surface area contributed by atoms with Crippen LogP contribution in [0, 0.1) is 35.4 Å². The number of carbonyl (C=O) groups is 2. The molecule has 0 aliphatic heterocycles. The third-order valence-electron chi connectivity index (χ3n) is 9.48. The minimum absolute atomic E-state index is 0.0165. The fourth-order valence-electron chi connectivity index (χ4n) is 8.47. The van der Waals surface area contributed by atoms with E-state index in [2.05, 4.69) is 0 Å². The Morgan fingerprint density at radius 1 is 1.00 bits per heavy atom. The smallest absolute Gasteiger partial charge is 0.307 e. The van der Waals surface area contributed by atoms with Crippen LogP contribution in [0.3, 0.4) is 0 Å². The summed E-state index contributed by atoms with van der Waals surface area (Å²) < 4.78 is 21.8. The van der Waals surface area contributed by atoms with Gasteiger partial charge in [0, 0.05) is 16.9 Å². The number of benzene rings is 1. The number of aliphatic carboxylic acids is 1. The predicted octanol–water partition coefficient (Wildman–Crippen LogP) is 5.86. The summed E-state index contributed by atoms with van der Waals surface area (Å²) in [5, 5.41) is 9.57.